The number of hydrogen-bond donors (Lipinski definition) is 1. The van der Waals surface area contributed by atoms with E-state index in [1.165, 1.54) is 44.9 Å². The van der Waals surface area contributed by atoms with Crippen molar-refractivity contribution >= 4 is 22.1 Å². The third kappa shape index (κ3) is 20.8. The first kappa shape index (κ1) is 25.6. The molecule has 0 bridgehead atoms. The fourth-order valence-electron chi connectivity index (χ4n) is 2.41. The van der Waals surface area contributed by atoms with Gasteiger partial charge < -0.3 is 9.47 Å². The molecule has 0 fully saturated rings. The summed E-state index contributed by atoms with van der Waals surface area (Å²) in [5.41, 5.74) is 0. The Morgan fingerprint density at radius 1 is 0.741 bits per heavy atom. The van der Waals surface area contributed by atoms with Crippen molar-refractivity contribution in [1.29, 1.82) is 0 Å². The average Bonchev–Trinajstić information content (AvgIpc) is 2.60. The van der Waals surface area contributed by atoms with Crippen molar-refractivity contribution in [3.63, 3.8) is 0 Å². The molecule has 0 saturated carbocycles. The topological polar surface area (TPSA) is 107 Å². The molecule has 0 heterocycles. The Kier molecular flexibility index (Phi) is 15.9. The van der Waals surface area contributed by atoms with Crippen LogP contribution in [-0.2, 0) is 29.2 Å². The number of ether oxygens (including phenoxy) is 2. The smallest absolute Gasteiger partial charge is 0.331 e. The van der Waals surface area contributed by atoms with Gasteiger partial charge in [0.15, 0.2) is 0 Å². The van der Waals surface area contributed by atoms with E-state index in [9.17, 15) is 18.0 Å². The molecular weight excluding hydrogens is 372 g/mol. The standard InChI is InChI=1S/C19H34O7S/c1-2-3-4-5-6-7-8-9-10-11-15-25-18(20)13-14-19(21)26-16-12-17-27(22,23)24/h13-14H,2-12,15-17H2,1H3,(H,22,23,24)/b14-13-. The van der Waals surface area contributed by atoms with Crippen LogP contribution in [0.2, 0.25) is 0 Å². The molecule has 0 aliphatic rings. The van der Waals surface area contributed by atoms with Crippen molar-refractivity contribution in [2.45, 2.75) is 77.6 Å². The van der Waals surface area contributed by atoms with Gasteiger partial charge in [-0.3, -0.25) is 4.55 Å². The molecular formula is C19H34O7S. The van der Waals surface area contributed by atoms with Gasteiger partial charge in [0.25, 0.3) is 10.1 Å². The highest BCUT2D eigenvalue weighted by Gasteiger charge is 2.05. The van der Waals surface area contributed by atoms with E-state index in [0.717, 1.165) is 31.4 Å². The second-order valence-electron chi connectivity index (χ2n) is 6.49. The molecule has 158 valence electrons. The Labute approximate surface area is 163 Å². The normalized spacial score (nSPS) is 11.6. The SMILES string of the molecule is CCCCCCCCCCCCOC(=O)/C=C\C(=O)OCCCS(=O)(=O)O. The predicted octanol–water partition coefficient (Wildman–Crippen LogP) is 3.83. The van der Waals surface area contributed by atoms with Crippen LogP contribution in [0.25, 0.3) is 0 Å². The number of unbranched alkanes of at least 4 members (excludes halogenated alkanes) is 9. The molecule has 0 aromatic rings. The minimum atomic E-state index is -4.06. The van der Waals surface area contributed by atoms with Gasteiger partial charge in [-0.1, -0.05) is 64.7 Å². The summed E-state index contributed by atoms with van der Waals surface area (Å²) >= 11 is 0. The van der Waals surface area contributed by atoms with Gasteiger partial charge in [-0.25, -0.2) is 9.59 Å². The van der Waals surface area contributed by atoms with Gasteiger partial charge in [0, 0.05) is 12.2 Å². The van der Waals surface area contributed by atoms with Crippen molar-refractivity contribution in [3.8, 4) is 0 Å². The van der Waals surface area contributed by atoms with Gasteiger partial charge in [0.05, 0.1) is 19.0 Å². The van der Waals surface area contributed by atoms with Gasteiger partial charge in [-0.15, -0.1) is 0 Å². The van der Waals surface area contributed by atoms with E-state index in [4.69, 9.17) is 14.0 Å². The molecule has 0 aromatic heterocycles. The monoisotopic (exact) mass is 406 g/mol. The van der Waals surface area contributed by atoms with Gasteiger partial charge in [0.1, 0.15) is 0 Å². The number of carbonyl (C=O) groups is 2. The summed E-state index contributed by atoms with van der Waals surface area (Å²) in [7, 11) is -4.06. The second-order valence-corrected chi connectivity index (χ2v) is 8.06. The molecule has 27 heavy (non-hydrogen) atoms. The second kappa shape index (κ2) is 16.7. The third-order valence-electron chi connectivity index (χ3n) is 3.89. The van der Waals surface area contributed by atoms with E-state index in [0.29, 0.717) is 6.61 Å². The molecule has 0 aliphatic heterocycles. The predicted molar refractivity (Wildman–Crippen MR) is 104 cm³/mol. The first-order valence-corrected chi connectivity index (χ1v) is 11.4. The lowest BCUT2D eigenvalue weighted by Crippen LogP contribution is -2.10. The molecule has 1 N–H and O–H groups in total. The Bertz CT molecular complexity index is 526. The zero-order valence-electron chi connectivity index (χ0n) is 16.4. The minimum Gasteiger partial charge on any atom is -0.463 e. The lowest BCUT2D eigenvalue weighted by Gasteiger charge is -2.03. The maximum atomic E-state index is 11.4. The van der Waals surface area contributed by atoms with E-state index in [1.807, 2.05) is 0 Å². The fourth-order valence-corrected chi connectivity index (χ4v) is 2.89. The number of esters is 2. The Balaban J connectivity index is 3.51. The molecule has 0 aromatic carbocycles. The van der Waals surface area contributed by atoms with Crippen LogP contribution in [0.4, 0.5) is 0 Å². The molecule has 0 atom stereocenters. The molecule has 0 unspecified atom stereocenters. The summed E-state index contributed by atoms with van der Waals surface area (Å²) in [6, 6.07) is 0. The van der Waals surface area contributed by atoms with Gasteiger partial charge in [0.2, 0.25) is 0 Å². The minimum absolute atomic E-state index is 0.0123. The number of hydrogen-bond acceptors (Lipinski definition) is 6. The van der Waals surface area contributed by atoms with E-state index in [1.54, 1.807) is 0 Å². The van der Waals surface area contributed by atoms with Crippen LogP contribution in [0, 0.1) is 0 Å². The van der Waals surface area contributed by atoms with Gasteiger partial charge in [-0.05, 0) is 12.8 Å². The summed E-state index contributed by atoms with van der Waals surface area (Å²) in [5, 5.41) is 0. The van der Waals surface area contributed by atoms with Crippen molar-refractivity contribution < 1.29 is 32.0 Å². The molecule has 8 heteroatoms. The zero-order chi connectivity index (χ0) is 20.4. The molecule has 0 aliphatic carbocycles. The maximum Gasteiger partial charge on any atom is 0.331 e. The van der Waals surface area contributed by atoms with Crippen LogP contribution in [0.5, 0.6) is 0 Å². The van der Waals surface area contributed by atoms with Crippen LogP contribution in [-0.4, -0.2) is 43.9 Å². The van der Waals surface area contributed by atoms with Crippen molar-refractivity contribution in [1.82, 2.24) is 0 Å². The third-order valence-corrected chi connectivity index (χ3v) is 4.69. The lowest BCUT2D eigenvalue weighted by molar-refractivity contribution is -0.140. The fraction of sp³-hybridized carbons (Fsp3) is 0.789. The summed E-state index contributed by atoms with van der Waals surface area (Å²) in [6.07, 6.45) is 13.9. The van der Waals surface area contributed by atoms with E-state index in [-0.39, 0.29) is 13.0 Å². The highest BCUT2D eigenvalue weighted by molar-refractivity contribution is 7.85. The van der Waals surface area contributed by atoms with Crippen LogP contribution in [0.1, 0.15) is 77.6 Å². The van der Waals surface area contributed by atoms with Gasteiger partial charge in [-0.2, -0.15) is 8.42 Å². The molecule has 7 nitrogen and oxygen atoms in total. The quantitative estimate of drug-likeness (QED) is 0.169. The Hall–Kier alpha value is -1.41. The Morgan fingerprint density at radius 3 is 1.59 bits per heavy atom. The summed E-state index contributed by atoms with van der Waals surface area (Å²) < 4.78 is 39.2. The van der Waals surface area contributed by atoms with Crippen LogP contribution >= 0.6 is 0 Å². The summed E-state index contributed by atoms with van der Waals surface area (Å²) in [6.45, 7) is 2.38. The molecule has 0 saturated heterocycles. The van der Waals surface area contributed by atoms with Crippen LogP contribution < -0.4 is 0 Å². The van der Waals surface area contributed by atoms with Crippen molar-refractivity contribution in [3.05, 3.63) is 12.2 Å². The average molecular weight is 407 g/mol. The molecule has 0 rings (SSSR count). The largest absolute Gasteiger partial charge is 0.463 e. The van der Waals surface area contributed by atoms with E-state index in [2.05, 4.69) is 6.92 Å². The first-order valence-electron chi connectivity index (χ1n) is 9.82. The highest BCUT2D eigenvalue weighted by atomic mass is 32.2. The lowest BCUT2D eigenvalue weighted by atomic mass is 10.1. The molecule has 0 radical (unpaired) electrons. The number of carbonyl (C=O) groups excluding carboxylic acids is 2. The van der Waals surface area contributed by atoms with Crippen molar-refractivity contribution in [2.75, 3.05) is 19.0 Å². The Morgan fingerprint density at radius 2 is 1.15 bits per heavy atom. The highest BCUT2D eigenvalue weighted by Crippen LogP contribution is 2.10. The summed E-state index contributed by atoms with van der Waals surface area (Å²) in [4.78, 5) is 22.7. The van der Waals surface area contributed by atoms with Crippen LogP contribution in [0.15, 0.2) is 12.2 Å². The number of rotatable bonds is 17. The van der Waals surface area contributed by atoms with Gasteiger partial charge >= 0.3 is 11.9 Å². The van der Waals surface area contributed by atoms with Crippen LogP contribution in [0.3, 0.4) is 0 Å². The zero-order valence-corrected chi connectivity index (χ0v) is 17.2. The van der Waals surface area contributed by atoms with Crippen molar-refractivity contribution in [2.24, 2.45) is 0 Å². The summed E-state index contributed by atoms with van der Waals surface area (Å²) in [5.74, 6) is -1.85. The van der Waals surface area contributed by atoms with E-state index >= 15 is 0 Å². The van der Waals surface area contributed by atoms with E-state index < -0.39 is 27.8 Å². The maximum absolute atomic E-state index is 11.4. The first-order chi connectivity index (χ1) is 12.8. The molecule has 0 spiro atoms. The molecule has 0 amide bonds.